The van der Waals surface area contributed by atoms with Gasteiger partial charge in [-0.1, -0.05) is 24.3 Å². The number of benzene rings is 2. The number of likely N-dealkylation sites (tertiary alicyclic amines) is 1. The number of methoxy groups -OCH3 is 1. The molecule has 10 heteroatoms. The highest BCUT2D eigenvalue weighted by Crippen LogP contribution is 2.37. The first kappa shape index (κ1) is 28.3. The van der Waals surface area contributed by atoms with E-state index in [-0.39, 0.29) is 24.5 Å². The van der Waals surface area contributed by atoms with E-state index in [1.54, 1.807) is 18.2 Å². The first-order valence-electron chi connectivity index (χ1n) is 14.3. The zero-order valence-electron chi connectivity index (χ0n) is 25.0. The largest absolute Gasteiger partial charge is 0.497 e. The standard InChI is InChI=1S/C33H35N5O5/c1-21-15-34-31(42-21)25-12-24-9-8-23(13-29(24)37(30(39)14-25)17-22-6-10-28(41-5)11-7-22)26-16-35-38(18-26)27-19-36(20-27)32(40)43-33(2,3)4/h6-13,15-16,18,27H,14,17,19-20H2,1-5H3. The van der Waals surface area contributed by atoms with E-state index in [0.717, 1.165) is 39.3 Å². The summed E-state index contributed by atoms with van der Waals surface area (Å²) in [5.41, 5.74) is 4.73. The van der Waals surface area contributed by atoms with Crippen LogP contribution in [0.5, 0.6) is 5.75 Å². The van der Waals surface area contributed by atoms with Crippen LogP contribution < -0.4 is 9.64 Å². The van der Waals surface area contributed by atoms with E-state index in [1.165, 1.54) is 0 Å². The van der Waals surface area contributed by atoms with Crippen molar-refractivity contribution in [3.8, 4) is 16.9 Å². The molecule has 2 aromatic carbocycles. The Hall–Kier alpha value is -4.86. The quantitative estimate of drug-likeness (QED) is 0.270. The Kier molecular flexibility index (Phi) is 7.29. The normalized spacial score (nSPS) is 15.5. The maximum absolute atomic E-state index is 13.8. The second-order valence-corrected chi connectivity index (χ2v) is 12.0. The van der Waals surface area contributed by atoms with E-state index in [2.05, 4.69) is 10.1 Å². The van der Waals surface area contributed by atoms with Gasteiger partial charge in [-0.05, 0) is 68.7 Å². The molecule has 2 aromatic heterocycles. The highest BCUT2D eigenvalue weighted by Gasteiger charge is 2.35. The fourth-order valence-corrected chi connectivity index (χ4v) is 5.22. The van der Waals surface area contributed by atoms with Crippen molar-refractivity contribution in [3.63, 3.8) is 0 Å². The summed E-state index contributed by atoms with van der Waals surface area (Å²) in [6.07, 6.45) is 7.31. The van der Waals surface area contributed by atoms with Crippen LogP contribution in [-0.2, 0) is 16.1 Å². The van der Waals surface area contributed by atoms with Gasteiger partial charge in [-0.2, -0.15) is 5.10 Å². The van der Waals surface area contributed by atoms with Gasteiger partial charge in [0.2, 0.25) is 11.8 Å². The average Bonchev–Trinajstić information content (AvgIpc) is 3.57. The lowest BCUT2D eigenvalue weighted by atomic mass is 10.0. The molecule has 4 heterocycles. The molecule has 6 rings (SSSR count). The van der Waals surface area contributed by atoms with Crippen LogP contribution in [0.3, 0.4) is 0 Å². The Labute approximate surface area is 250 Å². The molecule has 2 aliphatic heterocycles. The summed E-state index contributed by atoms with van der Waals surface area (Å²) in [5, 5.41) is 4.60. The van der Waals surface area contributed by atoms with Crippen molar-refractivity contribution in [1.82, 2.24) is 19.7 Å². The van der Waals surface area contributed by atoms with E-state index in [0.29, 0.717) is 31.3 Å². The predicted octanol–water partition coefficient (Wildman–Crippen LogP) is 6.12. The number of nitrogens with zero attached hydrogens (tertiary/aromatic N) is 5. The summed E-state index contributed by atoms with van der Waals surface area (Å²) < 4.78 is 18.5. The summed E-state index contributed by atoms with van der Waals surface area (Å²) in [6.45, 7) is 8.90. The number of ether oxygens (including phenoxy) is 2. The molecule has 0 aliphatic carbocycles. The number of carbonyl (C=O) groups is 2. The Morgan fingerprint density at radius 1 is 1.07 bits per heavy atom. The summed E-state index contributed by atoms with van der Waals surface area (Å²) in [5.74, 6) is 1.85. The van der Waals surface area contributed by atoms with Crippen molar-refractivity contribution < 1.29 is 23.5 Å². The number of rotatable bonds is 6. The second-order valence-electron chi connectivity index (χ2n) is 12.0. The van der Waals surface area contributed by atoms with Crippen LogP contribution in [0.15, 0.2) is 65.5 Å². The molecular weight excluding hydrogens is 546 g/mol. The van der Waals surface area contributed by atoms with Crippen molar-refractivity contribution >= 4 is 29.3 Å². The van der Waals surface area contributed by atoms with Gasteiger partial charge in [0, 0.05) is 30.4 Å². The number of aryl methyl sites for hydroxylation is 1. The molecule has 4 aromatic rings. The van der Waals surface area contributed by atoms with Gasteiger partial charge in [-0.15, -0.1) is 0 Å². The third-order valence-corrected chi connectivity index (χ3v) is 7.51. The molecule has 0 bridgehead atoms. The predicted molar refractivity (Wildman–Crippen MR) is 162 cm³/mol. The molecule has 0 atom stereocenters. The first-order chi connectivity index (χ1) is 20.6. The number of anilines is 1. The third-order valence-electron chi connectivity index (χ3n) is 7.51. The number of hydrogen-bond acceptors (Lipinski definition) is 7. The first-order valence-corrected chi connectivity index (χ1v) is 14.3. The van der Waals surface area contributed by atoms with Gasteiger partial charge in [-0.3, -0.25) is 9.48 Å². The molecule has 2 amide bonds. The molecule has 1 saturated heterocycles. The maximum atomic E-state index is 13.8. The number of oxazole rings is 1. The van der Waals surface area contributed by atoms with Crippen molar-refractivity contribution in [2.45, 2.75) is 52.3 Å². The smallest absolute Gasteiger partial charge is 0.410 e. The van der Waals surface area contributed by atoms with Crippen molar-refractivity contribution in [2.24, 2.45) is 0 Å². The zero-order chi connectivity index (χ0) is 30.3. The minimum absolute atomic E-state index is 0.0544. The Bertz CT molecular complexity index is 1690. The topological polar surface area (TPSA) is 103 Å². The summed E-state index contributed by atoms with van der Waals surface area (Å²) >= 11 is 0. The van der Waals surface area contributed by atoms with Crippen LogP contribution in [0.25, 0.3) is 22.8 Å². The van der Waals surface area contributed by atoms with Crippen LogP contribution >= 0.6 is 0 Å². The van der Waals surface area contributed by atoms with Crippen LogP contribution in [0, 0.1) is 6.92 Å². The SMILES string of the molecule is COc1ccc(CN2C(=O)CC(c3ncc(C)o3)=Cc3ccc(-c4cnn(C5CN(C(=O)OC(C)(C)C)C5)c4)cc32)cc1. The molecule has 10 nitrogen and oxygen atoms in total. The van der Waals surface area contributed by atoms with E-state index >= 15 is 0 Å². The van der Waals surface area contributed by atoms with E-state index in [9.17, 15) is 9.59 Å². The van der Waals surface area contributed by atoms with Crippen molar-refractivity contribution in [2.75, 3.05) is 25.1 Å². The van der Waals surface area contributed by atoms with E-state index in [4.69, 9.17) is 13.9 Å². The Morgan fingerprint density at radius 2 is 1.84 bits per heavy atom. The lowest BCUT2D eigenvalue weighted by molar-refractivity contribution is -0.117. The number of hydrogen-bond donors (Lipinski definition) is 0. The molecule has 43 heavy (non-hydrogen) atoms. The fourth-order valence-electron chi connectivity index (χ4n) is 5.22. The van der Waals surface area contributed by atoms with Crippen LogP contribution in [0.1, 0.15) is 56.0 Å². The minimum atomic E-state index is -0.529. The molecule has 1 fully saturated rings. The van der Waals surface area contributed by atoms with Crippen LogP contribution in [-0.4, -0.2) is 57.5 Å². The summed E-state index contributed by atoms with van der Waals surface area (Å²) in [4.78, 5) is 34.0. The molecule has 2 aliphatic rings. The Morgan fingerprint density at radius 3 is 2.51 bits per heavy atom. The highest BCUT2D eigenvalue weighted by molar-refractivity contribution is 6.06. The Balaban J connectivity index is 1.28. The van der Waals surface area contributed by atoms with Gasteiger partial charge in [0.25, 0.3) is 0 Å². The summed E-state index contributed by atoms with van der Waals surface area (Å²) in [7, 11) is 1.63. The third kappa shape index (κ3) is 6.04. The van der Waals surface area contributed by atoms with Gasteiger partial charge in [0.1, 0.15) is 17.1 Å². The van der Waals surface area contributed by atoms with E-state index < -0.39 is 5.60 Å². The highest BCUT2D eigenvalue weighted by atomic mass is 16.6. The summed E-state index contributed by atoms with van der Waals surface area (Å²) in [6, 6.07) is 13.9. The molecule has 0 radical (unpaired) electrons. The fraction of sp³-hybridized carbons (Fsp3) is 0.333. The molecular formula is C33H35N5O5. The van der Waals surface area contributed by atoms with Gasteiger partial charge >= 0.3 is 6.09 Å². The number of amides is 2. The van der Waals surface area contributed by atoms with Crippen molar-refractivity contribution in [3.05, 3.63) is 83.8 Å². The lowest BCUT2D eigenvalue weighted by Crippen LogP contribution is -2.52. The van der Waals surface area contributed by atoms with Gasteiger partial charge in [-0.25, -0.2) is 9.78 Å². The molecule has 0 spiro atoms. The zero-order valence-corrected chi connectivity index (χ0v) is 25.0. The maximum Gasteiger partial charge on any atom is 0.410 e. The van der Waals surface area contributed by atoms with Gasteiger partial charge in [0.15, 0.2) is 0 Å². The number of aromatic nitrogens is 3. The number of carbonyl (C=O) groups excluding carboxylic acids is 2. The monoisotopic (exact) mass is 581 g/mol. The van der Waals surface area contributed by atoms with Crippen LogP contribution in [0.2, 0.25) is 0 Å². The molecule has 0 unspecified atom stereocenters. The molecule has 0 saturated carbocycles. The second kappa shape index (κ2) is 11.1. The molecule has 0 N–H and O–H groups in total. The lowest BCUT2D eigenvalue weighted by Gasteiger charge is -2.39. The average molecular weight is 582 g/mol. The minimum Gasteiger partial charge on any atom is -0.497 e. The molecule has 222 valence electrons. The van der Waals surface area contributed by atoms with E-state index in [1.807, 2.05) is 98.2 Å². The van der Waals surface area contributed by atoms with Crippen molar-refractivity contribution in [1.29, 1.82) is 0 Å². The van der Waals surface area contributed by atoms with Gasteiger partial charge in [0.05, 0.1) is 44.2 Å². The van der Waals surface area contributed by atoms with Gasteiger partial charge < -0.3 is 23.7 Å². The number of fused-ring (bicyclic) bond motifs is 1. The van der Waals surface area contributed by atoms with Crippen LogP contribution in [0.4, 0.5) is 10.5 Å².